The van der Waals surface area contributed by atoms with E-state index in [1.807, 2.05) is 41.7 Å². The van der Waals surface area contributed by atoms with Gasteiger partial charge >= 0.3 is 0 Å². The molecule has 3 aromatic rings. The molecule has 0 bridgehead atoms. The molecule has 3 heterocycles. The normalized spacial score (nSPS) is 15.4. The number of pyridine rings is 1. The van der Waals surface area contributed by atoms with Crippen molar-refractivity contribution in [2.45, 2.75) is 6.92 Å². The number of carbonyl (C=O) groups is 1. The minimum absolute atomic E-state index is 0.194. The van der Waals surface area contributed by atoms with E-state index in [-0.39, 0.29) is 5.91 Å². The molecule has 0 unspecified atom stereocenters. The van der Waals surface area contributed by atoms with E-state index in [4.69, 9.17) is 0 Å². The lowest BCUT2D eigenvalue weighted by molar-refractivity contribution is 0.102. The summed E-state index contributed by atoms with van der Waals surface area (Å²) in [4.78, 5) is 21.6. The Morgan fingerprint density at radius 3 is 2.46 bits per heavy atom. The second kappa shape index (κ2) is 6.80. The third kappa shape index (κ3) is 3.28. The zero-order valence-corrected chi connectivity index (χ0v) is 15.1. The maximum Gasteiger partial charge on any atom is 0.275 e. The van der Waals surface area contributed by atoms with E-state index in [0.29, 0.717) is 5.69 Å². The molecular formula is C20H23N5O. The van der Waals surface area contributed by atoms with Gasteiger partial charge in [0.05, 0.1) is 0 Å². The number of carbonyl (C=O) groups excluding carboxylic acids is 1. The van der Waals surface area contributed by atoms with Crippen LogP contribution in [0.4, 0.5) is 11.4 Å². The number of anilines is 2. The number of benzene rings is 1. The Morgan fingerprint density at radius 1 is 1.04 bits per heavy atom. The number of nitrogens with zero attached hydrogens (tertiary/aromatic N) is 4. The first-order valence-electron chi connectivity index (χ1n) is 8.90. The van der Waals surface area contributed by atoms with Gasteiger partial charge in [0.25, 0.3) is 5.91 Å². The highest BCUT2D eigenvalue weighted by Crippen LogP contribution is 2.20. The SMILES string of the molecule is Cc1cccc2nc(C(=O)Nc3ccc(N4CCN(C)CC4)cc3)cn12. The minimum atomic E-state index is -0.194. The van der Waals surface area contributed by atoms with Crippen LogP contribution >= 0.6 is 0 Å². The molecule has 0 saturated carbocycles. The average Bonchev–Trinajstić information content (AvgIpc) is 3.09. The van der Waals surface area contributed by atoms with Crippen molar-refractivity contribution in [3.63, 3.8) is 0 Å². The first-order valence-corrected chi connectivity index (χ1v) is 8.90. The van der Waals surface area contributed by atoms with E-state index in [0.717, 1.165) is 43.2 Å². The highest BCUT2D eigenvalue weighted by molar-refractivity contribution is 6.03. The van der Waals surface area contributed by atoms with Crippen molar-refractivity contribution in [3.8, 4) is 0 Å². The van der Waals surface area contributed by atoms with Gasteiger partial charge in [-0.25, -0.2) is 4.98 Å². The van der Waals surface area contributed by atoms with E-state index >= 15 is 0 Å². The quantitative estimate of drug-likeness (QED) is 0.790. The Hall–Kier alpha value is -2.86. The van der Waals surface area contributed by atoms with Crippen LogP contribution in [0.25, 0.3) is 5.65 Å². The Morgan fingerprint density at radius 2 is 1.77 bits per heavy atom. The van der Waals surface area contributed by atoms with Crippen molar-refractivity contribution in [2.24, 2.45) is 0 Å². The molecule has 134 valence electrons. The summed E-state index contributed by atoms with van der Waals surface area (Å²) in [6, 6.07) is 13.9. The van der Waals surface area contributed by atoms with Crippen LogP contribution in [0, 0.1) is 6.92 Å². The smallest absolute Gasteiger partial charge is 0.275 e. The maximum absolute atomic E-state index is 12.5. The summed E-state index contributed by atoms with van der Waals surface area (Å²) >= 11 is 0. The van der Waals surface area contributed by atoms with Crippen LogP contribution in [0.2, 0.25) is 0 Å². The number of amides is 1. The molecule has 1 fully saturated rings. The summed E-state index contributed by atoms with van der Waals surface area (Å²) in [6.07, 6.45) is 1.78. The highest BCUT2D eigenvalue weighted by Gasteiger charge is 2.15. The first-order chi connectivity index (χ1) is 12.6. The Labute approximate surface area is 153 Å². The van der Waals surface area contributed by atoms with Crippen LogP contribution in [0.3, 0.4) is 0 Å². The van der Waals surface area contributed by atoms with E-state index in [1.165, 1.54) is 5.69 Å². The predicted octanol–water partition coefficient (Wildman–Crippen LogP) is 2.65. The molecule has 1 aliphatic heterocycles. The molecular weight excluding hydrogens is 326 g/mol. The lowest BCUT2D eigenvalue weighted by Gasteiger charge is -2.34. The van der Waals surface area contributed by atoms with Crippen molar-refractivity contribution in [1.29, 1.82) is 0 Å². The number of nitrogens with one attached hydrogen (secondary N) is 1. The van der Waals surface area contributed by atoms with Crippen LogP contribution in [0.1, 0.15) is 16.2 Å². The zero-order chi connectivity index (χ0) is 18.1. The molecule has 6 nitrogen and oxygen atoms in total. The fourth-order valence-electron chi connectivity index (χ4n) is 3.27. The van der Waals surface area contributed by atoms with Crippen LogP contribution < -0.4 is 10.2 Å². The largest absolute Gasteiger partial charge is 0.369 e. The fourth-order valence-corrected chi connectivity index (χ4v) is 3.27. The second-order valence-corrected chi connectivity index (χ2v) is 6.81. The number of imidazole rings is 1. The molecule has 6 heteroatoms. The van der Waals surface area contributed by atoms with Crippen molar-refractivity contribution < 1.29 is 4.79 Å². The lowest BCUT2D eigenvalue weighted by atomic mass is 10.2. The van der Waals surface area contributed by atoms with Gasteiger partial charge in [-0.2, -0.15) is 0 Å². The van der Waals surface area contributed by atoms with Gasteiger partial charge in [0.1, 0.15) is 11.3 Å². The van der Waals surface area contributed by atoms with Crippen LogP contribution in [0.15, 0.2) is 48.7 Å². The molecule has 1 amide bonds. The average molecular weight is 349 g/mol. The number of aromatic nitrogens is 2. The molecule has 0 spiro atoms. The topological polar surface area (TPSA) is 52.9 Å². The molecule has 4 rings (SSSR count). The number of likely N-dealkylation sites (N-methyl/N-ethyl adjacent to an activating group) is 1. The number of fused-ring (bicyclic) bond motifs is 1. The van der Waals surface area contributed by atoms with E-state index in [1.54, 1.807) is 6.20 Å². The minimum Gasteiger partial charge on any atom is -0.369 e. The van der Waals surface area contributed by atoms with Gasteiger partial charge in [-0.05, 0) is 50.4 Å². The summed E-state index contributed by atoms with van der Waals surface area (Å²) in [6.45, 7) is 6.20. The third-order valence-corrected chi connectivity index (χ3v) is 4.92. The molecule has 1 aliphatic rings. The molecule has 1 saturated heterocycles. The highest BCUT2D eigenvalue weighted by atomic mass is 16.1. The van der Waals surface area contributed by atoms with Gasteiger partial charge < -0.3 is 19.5 Å². The Balaban J connectivity index is 1.46. The number of hydrogen-bond acceptors (Lipinski definition) is 4. The molecule has 2 aromatic heterocycles. The second-order valence-electron chi connectivity index (χ2n) is 6.81. The molecule has 0 radical (unpaired) electrons. The van der Waals surface area contributed by atoms with Crippen LogP contribution in [-0.4, -0.2) is 53.4 Å². The first kappa shape index (κ1) is 16.6. The third-order valence-electron chi connectivity index (χ3n) is 4.92. The van der Waals surface area contributed by atoms with Crippen LogP contribution in [-0.2, 0) is 0 Å². The van der Waals surface area contributed by atoms with Crippen molar-refractivity contribution in [3.05, 3.63) is 60.0 Å². The number of hydrogen-bond donors (Lipinski definition) is 1. The van der Waals surface area contributed by atoms with E-state index in [2.05, 4.69) is 39.3 Å². The standard InChI is InChI=1S/C20H23N5O/c1-15-4-3-5-19-22-18(14-25(15)19)20(26)21-16-6-8-17(9-7-16)24-12-10-23(2)11-13-24/h3-9,14H,10-13H2,1-2H3,(H,21,26). The molecule has 1 N–H and O–H groups in total. The fraction of sp³-hybridized carbons (Fsp3) is 0.300. The summed E-state index contributed by atoms with van der Waals surface area (Å²) < 4.78 is 1.92. The van der Waals surface area contributed by atoms with Crippen molar-refractivity contribution >= 4 is 22.9 Å². The number of aryl methyl sites for hydroxylation is 1. The number of rotatable bonds is 3. The van der Waals surface area contributed by atoms with E-state index < -0.39 is 0 Å². The van der Waals surface area contributed by atoms with Crippen molar-refractivity contribution in [2.75, 3.05) is 43.4 Å². The van der Waals surface area contributed by atoms with Crippen LogP contribution in [0.5, 0.6) is 0 Å². The molecule has 0 atom stereocenters. The van der Waals surface area contributed by atoms with Gasteiger partial charge in [0.15, 0.2) is 0 Å². The van der Waals surface area contributed by atoms with Gasteiger partial charge in [0, 0.05) is 49.4 Å². The molecule has 26 heavy (non-hydrogen) atoms. The molecule has 0 aliphatic carbocycles. The van der Waals surface area contributed by atoms with E-state index in [9.17, 15) is 4.79 Å². The predicted molar refractivity (Wildman–Crippen MR) is 104 cm³/mol. The van der Waals surface area contributed by atoms with Gasteiger partial charge in [0.2, 0.25) is 0 Å². The number of piperazine rings is 1. The monoisotopic (exact) mass is 349 g/mol. The summed E-state index contributed by atoms with van der Waals surface area (Å²) in [5.74, 6) is -0.194. The zero-order valence-electron chi connectivity index (χ0n) is 15.1. The Kier molecular flexibility index (Phi) is 4.34. The van der Waals surface area contributed by atoms with Gasteiger partial charge in [-0.3, -0.25) is 4.79 Å². The van der Waals surface area contributed by atoms with Gasteiger partial charge in [-0.15, -0.1) is 0 Å². The van der Waals surface area contributed by atoms with Gasteiger partial charge in [-0.1, -0.05) is 6.07 Å². The Bertz CT molecular complexity index is 923. The molecule has 1 aromatic carbocycles. The lowest BCUT2D eigenvalue weighted by Crippen LogP contribution is -2.44. The summed E-state index contributed by atoms with van der Waals surface area (Å²) in [5, 5.41) is 2.93. The summed E-state index contributed by atoms with van der Waals surface area (Å²) in [7, 11) is 2.15. The summed E-state index contributed by atoms with van der Waals surface area (Å²) in [5.41, 5.74) is 4.22. The maximum atomic E-state index is 12.5. The van der Waals surface area contributed by atoms with Crippen molar-refractivity contribution in [1.82, 2.24) is 14.3 Å².